The van der Waals surface area contributed by atoms with Crippen molar-refractivity contribution in [3.63, 3.8) is 0 Å². The summed E-state index contributed by atoms with van der Waals surface area (Å²) in [5.74, 6) is -1.39. The Kier molecular flexibility index (Phi) is 5.59. The summed E-state index contributed by atoms with van der Waals surface area (Å²) in [5.41, 5.74) is -0.581. The number of pyridine rings is 1. The van der Waals surface area contributed by atoms with Crippen LogP contribution in [0.2, 0.25) is 0 Å². The van der Waals surface area contributed by atoms with Gasteiger partial charge in [0.15, 0.2) is 5.56 Å². The van der Waals surface area contributed by atoms with E-state index in [4.69, 9.17) is 4.74 Å². The minimum absolute atomic E-state index is 0.0843. The zero-order valence-electron chi connectivity index (χ0n) is 15.0. The maximum atomic E-state index is 13.7. The third-order valence-corrected chi connectivity index (χ3v) is 5.17. The fourth-order valence-electron chi connectivity index (χ4n) is 3.81. The van der Waals surface area contributed by atoms with E-state index >= 15 is 0 Å². The minimum atomic E-state index is -0.882. The van der Waals surface area contributed by atoms with Crippen molar-refractivity contribution in [1.82, 2.24) is 4.57 Å². The number of rotatable bonds is 5. The molecule has 5 nitrogen and oxygen atoms in total. The molecule has 1 N–H and O–H groups in total. The summed E-state index contributed by atoms with van der Waals surface area (Å²) in [6.45, 7) is 2.14. The Morgan fingerprint density at radius 1 is 1.31 bits per heavy atom. The molecule has 0 radical (unpaired) electrons. The summed E-state index contributed by atoms with van der Waals surface area (Å²) < 4.78 is 20.1. The van der Waals surface area contributed by atoms with Crippen LogP contribution in [0.1, 0.15) is 55.8 Å². The van der Waals surface area contributed by atoms with Gasteiger partial charge in [0.05, 0.1) is 12.1 Å². The molecule has 0 spiro atoms. The van der Waals surface area contributed by atoms with E-state index in [0.717, 1.165) is 25.3 Å². The summed E-state index contributed by atoms with van der Waals surface area (Å²) in [7, 11) is 0. The number of aryl methyl sites for hydroxylation is 1. The van der Waals surface area contributed by atoms with Crippen LogP contribution in [0.25, 0.3) is 10.9 Å². The molecule has 0 bridgehead atoms. The summed E-state index contributed by atoms with van der Waals surface area (Å²) >= 11 is 0. The molecule has 0 aliphatic heterocycles. The van der Waals surface area contributed by atoms with Crippen molar-refractivity contribution in [2.75, 3.05) is 6.61 Å². The second kappa shape index (κ2) is 7.89. The van der Waals surface area contributed by atoms with Crippen molar-refractivity contribution in [2.24, 2.45) is 5.92 Å². The normalized spacial score (nSPS) is 15.3. The van der Waals surface area contributed by atoms with Crippen LogP contribution in [-0.4, -0.2) is 22.2 Å². The fourth-order valence-corrected chi connectivity index (χ4v) is 3.81. The van der Waals surface area contributed by atoms with Gasteiger partial charge in [-0.2, -0.15) is 0 Å². The zero-order chi connectivity index (χ0) is 18.7. The number of benzene rings is 1. The Bertz CT molecular complexity index is 868. The lowest BCUT2D eigenvalue weighted by Crippen LogP contribution is -2.29. The number of carbonyl (C=O) groups excluding carboxylic acids is 1. The molecule has 26 heavy (non-hydrogen) atoms. The summed E-state index contributed by atoms with van der Waals surface area (Å²) in [5, 5.41) is 10.6. The van der Waals surface area contributed by atoms with E-state index in [-0.39, 0.29) is 12.0 Å². The van der Waals surface area contributed by atoms with Crippen LogP contribution in [0.5, 0.6) is 5.75 Å². The second-order valence-electron chi connectivity index (χ2n) is 6.86. The number of aromatic nitrogens is 1. The van der Waals surface area contributed by atoms with Gasteiger partial charge in [0.2, 0.25) is 0 Å². The van der Waals surface area contributed by atoms with Crippen molar-refractivity contribution in [2.45, 2.75) is 52.0 Å². The Morgan fingerprint density at radius 3 is 2.73 bits per heavy atom. The molecule has 0 saturated heterocycles. The molecular weight excluding hydrogens is 337 g/mol. The number of aromatic hydroxyl groups is 1. The van der Waals surface area contributed by atoms with Gasteiger partial charge >= 0.3 is 5.97 Å². The Labute approximate surface area is 151 Å². The van der Waals surface area contributed by atoms with Crippen molar-refractivity contribution in [3.8, 4) is 5.75 Å². The predicted molar refractivity (Wildman–Crippen MR) is 97.0 cm³/mol. The number of ether oxygens (including phenoxy) is 1. The lowest BCUT2D eigenvalue weighted by Gasteiger charge is -2.22. The van der Waals surface area contributed by atoms with Crippen LogP contribution >= 0.6 is 0 Å². The van der Waals surface area contributed by atoms with Crippen LogP contribution in [0, 0.1) is 11.7 Å². The first-order valence-electron chi connectivity index (χ1n) is 9.25. The second-order valence-corrected chi connectivity index (χ2v) is 6.86. The Morgan fingerprint density at radius 2 is 2.04 bits per heavy atom. The lowest BCUT2D eigenvalue weighted by molar-refractivity contribution is 0.0520. The standard InChI is InChI=1S/C20H24FNO4/c1-2-26-20(25)17-18(23)15-12-14(21)8-9-16(15)22(19(17)24)11-10-13-6-4-3-5-7-13/h8-9,12-13,23H,2-7,10-11H2,1H3. The van der Waals surface area contributed by atoms with Crippen LogP contribution in [-0.2, 0) is 11.3 Å². The molecule has 0 unspecified atom stereocenters. The quantitative estimate of drug-likeness (QED) is 0.818. The molecule has 1 saturated carbocycles. The van der Waals surface area contributed by atoms with Gasteiger partial charge in [0, 0.05) is 11.9 Å². The highest BCUT2D eigenvalue weighted by molar-refractivity contribution is 5.99. The van der Waals surface area contributed by atoms with Crippen molar-refractivity contribution in [1.29, 1.82) is 0 Å². The van der Waals surface area contributed by atoms with Gasteiger partial charge in [-0.25, -0.2) is 9.18 Å². The lowest BCUT2D eigenvalue weighted by atomic mass is 9.87. The highest BCUT2D eigenvalue weighted by atomic mass is 19.1. The van der Waals surface area contributed by atoms with Gasteiger partial charge in [-0.05, 0) is 37.5 Å². The molecule has 3 rings (SSSR count). The molecule has 1 aliphatic carbocycles. The van der Waals surface area contributed by atoms with E-state index in [1.54, 1.807) is 6.92 Å². The SMILES string of the molecule is CCOC(=O)c1c(O)c2cc(F)ccc2n(CCC2CCCCC2)c1=O. The zero-order valence-corrected chi connectivity index (χ0v) is 15.0. The monoisotopic (exact) mass is 361 g/mol. The van der Waals surface area contributed by atoms with E-state index in [1.165, 1.54) is 36.0 Å². The predicted octanol–water partition coefficient (Wildman–Crippen LogP) is 3.99. The first kappa shape index (κ1) is 18.4. The van der Waals surface area contributed by atoms with Crippen molar-refractivity contribution < 1.29 is 19.0 Å². The fraction of sp³-hybridized carbons (Fsp3) is 0.500. The summed E-state index contributed by atoms with van der Waals surface area (Å²) in [6, 6.07) is 3.87. The van der Waals surface area contributed by atoms with Crippen LogP contribution in [0.3, 0.4) is 0 Å². The number of hydrogen-bond acceptors (Lipinski definition) is 4. The van der Waals surface area contributed by atoms with E-state index in [2.05, 4.69) is 0 Å². The largest absolute Gasteiger partial charge is 0.506 e. The molecular formula is C20H24FNO4. The minimum Gasteiger partial charge on any atom is -0.506 e. The van der Waals surface area contributed by atoms with Crippen LogP contribution in [0.4, 0.5) is 4.39 Å². The van der Waals surface area contributed by atoms with Crippen LogP contribution < -0.4 is 5.56 Å². The molecule has 1 heterocycles. The first-order valence-corrected chi connectivity index (χ1v) is 9.25. The number of halogens is 1. The number of fused-ring (bicyclic) bond motifs is 1. The molecule has 1 aromatic carbocycles. The van der Waals surface area contributed by atoms with Crippen molar-refractivity contribution in [3.05, 3.63) is 39.9 Å². The third kappa shape index (κ3) is 3.59. The van der Waals surface area contributed by atoms with Gasteiger partial charge in [0.1, 0.15) is 11.6 Å². The molecule has 6 heteroatoms. The molecule has 2 aromatic rings. The van der Waals surface area contributed by atoms with E-state index < -0.39 is 28.7 Å². The number of nitrogens with zero attached hydrogens (tertiary/aromatic N) is 1. The maximum Gasteiger partial charge on any atom is 0.347 e. The molecule has 0 atom stereocenters. The van der Waals surface area contributed by atoms with Gasteiger partial charge in [-0.1, -0.05) is 32.1 Å². The molecule has 1 aromatic heterocycles. The number of hydrogen-bond donors (Lipinski definition) is 1. The van der Waals surface area contributed by atoms with Gasteiger partial charge in [-0.3, -0.25) is 4.79 Å². The average Bonchev–Trinajstić information content (AvgIpc) is 2.63. The van der Waals surface area contributed by atoms with E-state index in [0.29, 0.717) is 18.0 Å². The topological polar surface area (TPSA) is 68.5 Å². The number of esters is 1. The van der Waals surface area contributed by atoms with Gasteiger partial charge in [-0.15, -0.1) is 0 Å². The summed E-state index contributed by atoms with van der Waals surface area (Å²) in [6.07, 6.45) is 6.77. The van der Waals surface area contributed by atoms with E-state index in [1.807, 2.05) is 0 Å². The molecule has 140 valence electrons. The highest BCUT2D eigenvalue weighted by Crippen LogP contribution is 2.30. The molecule has 0 amide bonds. The van der Waals surface area contributed by atoms with Gasteiger partial charge < -0.3 is 14.4 Å². The average molecular weight is 361 g/mol. The molecule has 1 fully saturated rings. The third-order valence-electron chi connectivity index (χ3n) is 5.17. The first-order chi connectivity index (χ1) is 12.5. The van der Waals surface area contributed by atoms with Crippen LogP contribution in [0.15, 0.2) is 23.0 Å². The summed E-state index contributed by atoms with van der Waals surface area (Å²) in [4.78, 5) is 25.1. The molecule has 1 aliphatic rings. The van der Waals surface area contributed by atoms with Gasteiger partial charge in [0.25, 0.3) is 5.56 Å². The van der Waals surface area contributed by atoms with Crippen molar-refractivity contribution >= 4 is 16.9 Å². The number of carbonyl (C=O) groups is 1. The highest BCUT2D eigenvalue weighted by Gasteiger charge is 2.24. The smallest absolute Gasteiger partial charge is 0.347 e. The maximum absolute atomic E-state index is 13.7. The Hall–Kier alpha value is -2.37. The van der Waals surface area contributed by atoms with E-state index in [9.17, 15) is 19.1 Å². The Balaban J connectivity index is 2.07.